The maximum atomic E-state index is 12.1. The molecule has 92 valence electrons. The number of hydrogen-bond acceptors (Lipinski definition) is 2. The summed E-state index contributed by atoms with van der Waals surface area (Å²) in [4.78, 5) is 16.2. The van der Waals surface area contributed by atoms with Gasteiger partial charge in [0.25, 0.3) is 5.91 Å². The lowest BCUT2D eigenvalue weighted by molar-refractivity contribution is 0.102. The van der Waals surface area contributed by atoms with Gasteiger partial charge in [0.05, 0.1) is 5.56 Å². The molecule has 0 aliphatic carbocycles. The highest BCUT2D eigenvalue weighted by Crippen LogP contribution is 2.22. The molecule has 2 aromatic rings. The normalized spacial score (nSPS) is 10.2. The summed E-state index contributed by atoms with van der Waals surface area (Å²) in [6.07, 6.45) is 1.64. The Hall–Kier alpha value is -1.39. The molecule has 0 aliphatic rings. The van der Waals surface area contributed by atoms with Gasteiger partial charge in [0.15, 0.2) is 0 Å². The first-order valence-corrected chi connectivity index (χ1v) is 6.43. The van der Waals surface area contributed by atoms with Gasteiger partial charge in [0.1, 0.15) is 5.82 Å². The van der Waals surface area contributed by atoms with E-state index in [1.54, 1.807) is 24.4 Å². The van der Waals surface area contributed by atoms with Crippen molar-refractivity contribution in [3.8, 4) is 0 Å². The monoisotopic (exact) mass is 324 g/mol. The third kappa shape index (κ3) is 2.89. The van der Waals surface area contributed by atoms with Gasteiger partial charge in [-0.25, -0.2) is 4.98 Å². The number of hydrogen-bond donors (Lipinski definition) is 1. The Balaban J connectivity index is 2.25. The first-order chi connectivity index (χ1) is 8.58. The molecule has 5 heteroatoms. The second-order valence-corrected chi connectivity index (χ2v) is 5.04. The molecule has 0 radical (unpaired) electrons. The minimum Gasteiger partial charge on any atom is -0.306 e. The van der Waals surface area contributed by atoms with Crippen LogP contribution in [0.5, 0.6) is 0 Å². The van der Waals surface area contributed by atoms with E-state index in [1.807, 2.05) is 19.1 Å². The molecule has 0 unspecified atom stereocenters. The van der Waals surface area contributed by atoms with E-state index < -0.39 is 0 Å². The highest BCUT2D eigenvalue weighted by atomic mass is 79.9. The fraction of sp³-hybridized carbons (Fsp3) is 0.0769. The van der Waals surface area contributed by atoms with E-state index in [-0.39, 0.29) is 5.91 Å². The number of amides is 1. The number of anilines is 1. The molecule has 0 bridgehead atoms. The van der Waals surface area contributed by atoms with Crippen LogP contribution < -0.4 is 5.32 Å². The SMILES string of the molecule is Cc1cccnc1NC(=O)c1ccc(Cl)cc1Br. The van der Waals surface area contributed by atoms with E-state index in [0.717, 1.165) is 5.56 Å². The van der Waals surface area contributed by atoms with Crippen molar-refractivity contribution in [2.24, 2.45) is 0 Å². The van der Waals surface area contributed by atoms with Crippen LogP contribution in [0.1, 0.15) is 15.9 Å². The number of benzene rings is 1. The van der Waals surface area contributed by atoms with E-state index >= 15 is 0 Å². The molecule has 0 atom stereocenters. The lowest BCUT2D eigenvalue weighted by atomic mass is 10.2. The molecule has 1 heterocycles. The Labute approximate surface area is 118 Å². The largest absolute Gasteiger partial charge is 0.306 e. The van der Waals surface area contributed by atoms with Crippen LogP contribution in [0.2, 0.25) is 5.02 Å². The van der Waals surface area contributed by atoms with Crippen LogP contribution in [0.4, 0.5) is 5.82 Å². The molecular formula is C13H10BrClN2O. The summed E-state index contributed by atoms with van der Waals surface area (Å²) in [7, 11) is 0. The smallest absolute Gasteiger partial charge is 0.257 e. The molecule has 0 spiro atoms. The lowest BCUT2D eigenvalue weighted by Crippen LogP contribution is -2.14. The van der Waals surface area contributed by atoms with Crippen molar-refractivity contribution in [3.63, 3.8) is 0 Å². The Morgan fingerprint density at radius 2 is 2.17 bits per heavy atom. The lowest BCUT2D eigenvalue weighted by Gasteiger charge is -2.08. The molecule has 1 aromatic heterocycles. The van der Waals surface area contributed by atoms with Crippen LogP contribution in [-0.4, -0.2) is 10.9 Å². The van der Waals surface area contributed by atoms with Crippen LogP contribution in [0.3, 0.4) is 0 Å². The van der Waals surface area contributed by atoms with Crippen molar-refractivity contribution < 1.29 is 4.79 Å². The Morgan fingerprint density at radius 3 is 2.83 bits per heavy atom. The fourth-order valence-corrected chi connectivity index (χ4v) is 2.33. The van der Waals surface area contributed by atoms with Crippen LogP contribution in [0.25, 0.3) is 0 Å². The predicted molar refractivity (Wildman–Crippen MR) is 76.1 cm³/mol. The maximum Gasteiger partial charge on any atom is 0.257 e. The molecule has 1 N–H and O–H groups in total. The summed E-state index contributed by atoms with van der Waals surface area (Å²) in [5, 5.41) is 3.34. The van der Waals surface area contributed by atoms with Gasteiger partial charge < -0.3 is 5.32 Å². The first-order valence-electron chi connectivity index (χ1n) is 5.26. The van der Waals surface area contributed by atoms with E-state index in [1.165, 1.54) is 0 Å². The molecule has 18 heavy (non-hydrogen) atoms. The van der Waals surface area contributed by atoms with Gasteiger partial charge in [-0.05, 0) is 52.7 Å². The van der Waals surface area contributed by atoms with Crippen LogP contribution in [0.15, 0.2) is 41.0 Å². The number of carbonyl (C=O) groups excluding carboxylic acids is 1. The minimum absolute atomic E-state index is 0.222. The number of nitrogens with zero attached hydrogens (tertiary/aromatic N) is 1. The third-order valence-corrected chi connectivity index (χ3v) is 3.31. The second-order valence-electron chi connectivity index (χ2n) is 3.75. The molecule has 0 fully saturated rings. The third-order valence-electron chi connectivity index (χ3n) is 2.42. The molecule has 3 nitrogen and oxygen atoms in total. The van der Waals surface area contributed by atoms with Gasteiger partial charge in [0.2, 0.25) is 0 Å². The van der Waals surface area contributed by atoms with Crippen molar-refractivity contribution in [2.75, 3.05) is 5.32 Å². The zero-order valence-corrected chi connectivity index (χ0v) is 11.9. The topological polar surface area (TPSA) is 42.0 Å². The molecule has 1 aromatic carbocycles. The molecule has 1 amide bonds. The van der Waals surface area contributed by atoms with Crippen molar-refractivity contribution in [1.29, 1.82) is 0 Å². The summed E-state index contributed by atoms with van der Waals surface area (Å²) >= 11 is 9.15. The van der Waals surface area contributed by atoms with E-state index in [9.17, 15) is 4.79 Å². The number of rotatable bonds is 2. The number of carbonyl (C=O) groups is 1. The number of pyridine rings is 1. The number of nitrogens with one attached hydrogen (secondary N) is 1. The summed E-state index contributed by atoms with van der Waals surface area (Å²) in [5.74, 6) is 0.338. The average molecular weight is 326 g/mol. The van der Waals surface area contributed by atoms with E-state index in [4.69, 9.17) is 11.6 Å². The number of aryl methyl sites for hydroxylation is 1. The molecule has 2 rings (SSSR count). The standard InChI is InChI=1S/C13H10BrClN2O/c1-8-3-2-6-16-12(8)17-13(18)10-5-4-9(15)7-11(10)14/h2-7H,1H3,(H,16,17,18). The van der Waals surface area contributed by atoms with Gasteiger partial charge >= 0.3 is 0 Å². The minimum atomic E-state index is -0.222. The Kier molecular flexibility index (Phi) is 3.99. The highest BCUT2D eigenvalue weighted by Gasteiger charge is 2.11. The van der Waals surface area contributed by atoms with E-state index in [2.05, 4.69) is 26.2 Å². The van der Waals surface area contributed by atoms with Crippen LogP contribution in [0, 0.1) is 6.92 Å². The quantitative estimate of drug-likeness (QED) is 0.905. The predicted octanol–water partition coefficient (Wildman–Crippen LogP) is 4.06. The van der Waals surface area contributed by atoms with Gasteiger partial charge in [-0.3, -0.25) is 4.79 Å². The fourth-order valence-electron chi connectivity index (χ4n) is 1.47. The summed E-state index contributed by atoms with van der Waals surface area (Å²) in [6.45, 7) is 1.89. The number of halogens is 2. The zero-order valence-electron chi connectivity index (χ0n) is 9.58. The molecular weight excluding hydrogens is 316 g/mol. The zero-order chi connectivity index (χ0) is 13.1. The Morgan fingerprint density at radius 1 is 1.39 bits per heavy atom. The number of aromatic nitrogens is 1. The maximum absolute atomic E-state index is 12.1. The van der Waals surface area contributed by atoms with Crippen molar-refractivity contribution in [1.82, 2.24) is 4.98 Å². The summed E-state index contributed by atoms with van der Waals surface area (Å²) in [6, 6.07) is 8.73. The van der Waals surface area contributed by atoms with Gasteiger partial charge in [-0.15, -0.1) is 0 Å². The summed E-state index contributed by atoms with van der Waals surface area (Å²) in [5.41, 5.74) is 1.43. The highest BCUT2D eigenvalue weighted by molar-refractivity contribution is 9.10. The van der Waals surface area contributed by atoms with Crippen molar-refractivity contribution in [3.05, 3.63) is 57.2 Å². The van der Waals surface area contributed by atoms with Gasteiger partial charge in [0, 0.05) is 15.7 Å². The average Bonchev–Trinajstić information content (AvgIpc) is 2.32. The van der Waals surface area contributed by atoms with Gasteiger partial charge in [-0.1, -0.05) is 17.7 Å². The molecule has 0 saturated heterocycles. The van der Waals surface area contributed by atoms with Crippen LogP contribution in [-0.2, 0) is 0 Å². The Bertz CT molecular complexity index is 601. The van der Waals surface area contributed by atoms with E-state index in [0.29, 0.717) is 20.9 Å². The molecule has 0 aliphatic heterocycles. The first kappa shape index (κ1) is 13.1. The van der Waals surface area contributed by atoms with Gasteiger partial charge in [-0.2, -0.15) is 0 Å². The second kappa shape index (κ2) is 5.50. The van der Waals surface area contributed by atoms with Crippen molar-refractivity contribution in [2.45, 2.75) is 6.92 Å². The molecule has 0 saturated carbocycles. The van der Waals surface area contributed by atoms with Crippen LogP contribution >= 0.6 is 27.5 Å². The summed E-state index contributed by atoms with van der Waals surface area (Å²) < 4.78 is 0.654. The van der Waals surface area contributed by atoms with Crippen molar-refractivity contribution >= 4 is 39.3 Å².